The lowest BCUT2D eigenvalue weighted by Crippen LogP contribution is -2.57. The Kier molecular flexibility index (Phi) is 3.63. The first kappa shape index (κ1) is 11.9. The molecule has 1 atom stereocenters. The maximum atomic E-state index is 5.63. The molecule has 0 aliphatic carbocycles. The molecule has 0 N–H and O–H groups in total. The van der Waals surface area contributed by atoms with Crippen molar-refractivity contribution in [1.82, 2.24) is 4.90 Å². The van der Waals surface area contributed by atoms with Gasteiger partial charge in [-0.2, -0.15) is 0 Å². The van der Waals surface area contributed by atoms with Crippen LogP contribution in [0.25, 0.3) is 0 Å². The quantitative estimate of drug-likeness (QED) is 0.710. The summed E-state index contributed by atoms with van der Waals surface area (Å²) in [6.45, 7) is 6.78. The van der Waals surface area contributed by atoms with Crippen molar-refractivity contribution in [2.45, 2.75) is 24.7 Å². The molecule has 3 aliphatic heterocycles. The third kappa shape index (κ3) is 2.48. The van der Waals surface area contributed by atoms with E-state index in [2.05, 4.69) is 4.90 Å². The van der Waals surface area contributed by atoms with E-state index in [9.17, 15) is 0 Å². The molecule has 3 aliphatic rings. The second kappa shape index (κ2) is 5.20. The van der Waals surface area contributed by atoms with Gasteiger partial charge in [-0.25, -0.2) is 0 Å². The molecule has 0 amide bonds. The van der Waals surface area contributed by atoms with Gasteiger partial charge in [0.1, 0.15) is 0 Å². The van der Waals surface area contributed by atoms with Gasteiger partial charge in [-0.15, -0.1) is 0 Å². The summed E-state index contributed by atoms with van der Waals surface area (Å²) >= 11 is 0. The molecule has 5 nitrogen and oxygen atoms in total. The van der Waals surface area contributed by atoms with E-state index in [4.69, 9.17) is 18.9 Å². The Morgan fingerprint density at radius 3 is 2.53 bits per heavy atom. The van der Waals surface area contributed by atoms with Gasteiger partial charge >= 0.3 is 0 Å². The first-order valence-corrected chi connectivity index (χ1v) is 6.53. The zero-order chi connectivity index (χ0) is 11.6. The molecule has 3 saturated heterocycles. The highest BCUT2D eigenvalue weighted by Gasteiger charge is 2.43. The standard InChI is InChI=1S/C12H21NO4/c1(11-16-7-8-17-11)3-13-4-6-15-10-12(13)2-5-14-9-12/h11H,1-10H2. The fourth-order valence-electron chi connectivity index (χ4n) is 2.91. The zero-order valence-corrected chi connectivity index (χ0v) is 10.2. The van der Waals surface area contributed by atoms with Gasteiger partial charge in [0.25, 0.3) is 0 Å². The molecule has 1 unspecified atom stereocenters. The summed E-state index contributed by atoms with van der Waals surface area (Å²) in [5.74, 6) is 0. The van der Waals surface area contributed by atoms with Crippen LogP contribution in [0.15, 0.2) is 0 Å². The monoisotopic (exact) mass is 243 g/mol. The highest BCUT2D eigenvalue weighted by Crippen LogP contribution is 2.29. The molecule has 0 aromatic heterocycles. The number of hydrogen-bond donors (Lipinski definition) is 0. The summed E-state index contributed by atoms with van der Waals surface area (Å²) in [5, 5.41) is 0. The molecule has 5 heteroatoms. The van der Waals surface area contributed by atoms with Crippen molar-refractivity contribution in [3.63, 3.8) is 0 Å². The van der Waals surface area contributed by atoms with Crippen LogP contribution in [0, 0.1) is 0 Å². The van der Waals surface area contributed by atoms with Crippen LogP contribution in [0.4, 0.5) is 0 Å². The lowest BCUT2D eigenvalue weighted by atomic mass is 9.95. The lowest BCUT2D eigenvalue weighted by Gasteiger charge is -2.43. The topological polar surface area (TPSA) is 40.2 Å². The summed E-state index contributed by atoms with van der Waals surface area (Å²) < 4.78 is 22.1. The Balaban J connectivity index is 1.55. The number of morpholine rings is 1. The van der Waals surface area contributed by atoms with Crippen molar-refractivity contribution in [1.29, 1.82) is 0 Å². The third-order valence-corrected chi connectivity index (χ3v) is 3.96. The van der Waals surface area contributed by atoms with E-state index >= 15 is 0 Å². The van der Waals surface area contributed by atoms with E-state index in [0.717, 1.165) is 65.6 Å². The van der Waals surface area contributed by atoms with E-state index in [-0.39, 0.29) is 11.8 Å². The minimum atomic E-state index is -0.00258. The van der Waals surface area contributed by atoms with Gasteiger partial charge in [0.2, 0.25) is 0 Å². The molecule has 0 aromatic rings. The fraction of sp³-hybridized carbons (Fsp3) is 1.00. The average Bonchev–Trinajstić information content (AvgIpc) is 3.00. The highest BCUT2D eigenvalue weighted by atomic mass is 16.7. The molecular weight excluding hydrogens is 222 g/mol. The summed E-state index contributed by atoms with van der Waals surface area (Å²) in [6, 6.07) is 0. The highest BCUT2D eigenvalue weighted by molar-refractivity contribution is 4.96. The van der Waals surface area contributed by atoms with Gasteiger partial charge in [0, 0.05) is 26.1 Å². The van der Waals surface area contributed by atoms with Crippen molar-refractivity contribution < 1.29 is 18.9 Å². The fourth-order valence-corrected chi connectivity index (χ4v) is 2.91. The Bertz CT molecular complexity index is 249. The van der Waals surface area contributed by atoms with Crippen molar-refractivity contribution >= 4 is 0 Å². The smallest absolute Gasteiger partial charge is 0.159 e. The summed E-state index contributed by atoms with van der Waals surface area (Å²) in [6.07, 6.45) is 2.03. The third-order valence-electron chi connectivity index (χ3n) is 3.96. The van der Waals surface area contributed by atoms with Gasteiger partial charge in [-0.05, 0) is 6.42 Å². The van der Waals surface area contributed by atoms with Crippen LogP contribution in [0.2, 0.25) is 0 Å². The van der Waals surface area contributed by atoms with Crippen LogP contribution < -0.4 is 0 Å². The Labute approximate surface area is 102 Å². The summed E-state index contributed by atoms with van der Waals surface area (Å²) in [7, 11) is 0. The van der Waals surface area contributed by atoms with E-state index in [1.54, 1.807) is 0 Å². The summed E-state index contributed by atoms with van der Waals surface area (Å²) in [4.78, 5) is 2.51. The maximum Gasteiger partial charge on any atom is 0.159 e. The summed E-state index contributed by atoms with van der Waals surface area (Å²) in [5.41, 5.74) is 0.122. The van der Waals surface area contributed by atoms with Crippen LogP contribution in [0.5, 0.6) is 0 Å². The lowest BCUT2D eigenvalue weighted by molar-refractivity contribution is -0.0928. The van der Waals surface area contributed by atoms with Crippen molar-refractivity contribution in [2.75, 3.05) is 52.7 Å². The predicted octanol–water partition coefficient (Wildman–Crippen LogP) is 0.241. The van der Waals surface area contributed by atoms with Gasteiger partial charge < -0.3 is 18.9 Å². The van der Waals surface area contributed by atoms with E-state index in [1.165, 1.54) is 0 Å². The number of ether oxygens (including phenoxy) is 4. The van der Waals surface area contributed by atoms with Crippen molar-refractivity contribution in [2.24, 2.45) is 0 Å². The minimum absolute atomic E-state index is 0.00258. The van der Waals surface area contributed by atoms with Gasteiger partial charge in [0.15, 0.2) is 6.29 Å². The second-order valence-electron chi connectivity index (χ2n) is 5.03. The number of nitrogens with zero attached hydrogens (tertiary/aromatic N) is 1. The van der Waals surface area contributed by atoms with Crippen molar-refractivity contribution in [3.8, 4) is 0 Å². The van der Waals surface area contributed by atoms with Crippen molar-refractivity contribution in [3.05, 3.63) is 0 Å². The number of hydrogen-bond acceptors (Lipinski definition) is 5. The van der Waals surface area contributed by atoms with E-state index < -0.39 is 0 Å². The molecule has 0 bridgehead atoms. The van der Waals surface area contributed by atoms with E-state index in [0.29, 0.717) is 0 Å². The van der Waals surface area contributed by atoms with E-state index in [1.807, 2.05) is 0 Å². The largest absolute Gasteiger partial charge is 0.379 e. The van der Waals surface area contributed by atoms with Gasteiger partial charge in [-0.1, -0.05) is 0 Å². The molecule has 1 spiro atoms. The molecule has 3 rings (SSSR count). The second-order valence-corrected chi connectivity index (χ2v) is 5.03. The average molecular weight is 243 g/mol. The molecule has 98 valence electrons. The Morgan fingerprint density at radius 1 is 1.00 bits per heavy atom. The molecule has 0 radical (unpaired) electrons. The molecule has 0 saturated carbocycles. The van der Waals surface area contributed by atoms with Crippen LogP contribution in [-0.2, 0) is 18.9 Å². The first-order valence-electron chi connectivity index (χ1n) is 6.53. The van der Waals surface area contributed by atoms with Crippen LogP contribution in [0.3, 0.4) is 0 Å². The zero-order valence-electron chi connectivity index (χ0n) is 10.2. The predicted molar refractivity (Wildman–Crippen MR) is 60.9 cm³/mol. The maximum absolute atomic E-state index is 5.63. The number of rotatable bonds is 3. The molecule has 17 heavy (non-hydrogen) atoms. The van der Waals surface area contributed by atoms with Gasteiger partial charge in [-0.3, -0.25) is 4.90 Å². The molecular formula is C12H21NO4. The minimum Gasteiger partial charge on any atom is -0.379 e. The van der Waals surface area contributed by atoms with Crippen LogP contribution in [-0.4, -0.2) is 69.5 Å². The molecule has 3 fully saturated rings. The van der Waals surface area contributed by atoms with Crippen LogP contribution in [0.1, 0.15) is 12.8 Å². The Hall–Kier alpha value is -0.200. The first-order chi connectivity index (χ1) is 8.39. The van der Waals surface area contributed by atoms with Crippen LogP contribution >= 0.6 is 0 Å². The SMILES string of the molecule is C1CN(CCC2OCCO2)C2(CCOC2)CO1. The normalized spacial score (nSPS) is 36.0. The Morgan fingerprint density at radius 2 is 1.76 bits per heavy atom. The molecule has 0 aromatic carbocycles. The van der Waals surface area contributed by atoms with Gasteiger partial charge in [0.05, 0.1) is 38.6 Å². The molecule has 3 heterocycles.